The summed E-state index contributed by atoms with van der Waals surface area (Å²) < 4.78 is 7.86. The van der Waals surface area contributed by atoms with E-state index in [1.54, 1.807) is 0 Å². The summed E-state index contributed by atoms with van der Waals surface area (Å²) in [6, 6.07) is 11.9. The molecule has 0 saturated carbocycles. The number of hydrogen-bond acceptors (Lipinski definition) is 4. The highest BCUT2D eigenvalue weighted by molar-refractivity contribution is 9.10. The number of amides is 1. The van der Waals surface area contributed by atoms with Crippen molar-refractivity contribution in [2.75, 3.05) is 11.9 Å². The molecule has 0 bridgehead atoms. The number of ether oxygens (including phenoxy) is 1. The second kappa shape index (κ2) is 9.20. The summed E-state index contributed by atoms with van der Waals surface area (Å²) in [5, 5.41) is 5.30. The molecule has 0 aliphatic carbocycles. The van der Waals surface area contributed by atoms with Crippen molar-refractivity contribution in [3.05, 3.63) is 61.9 Å². The Morgan fingerprint density at radius 1 is 1.21 bits per heavy atom. The summed E-state index contributed by atoms with van der Waals surface area (Å²) in [6.07, 6.45) is 0. The lowest BCUT2D eigenvalue weighted by molar-refractivity contribution is -0.118. The fourth-order valence-electron chi connectivity index (χ4n) is 2.63. The van der Waals surface area contributed by atoms with Gasteiger partial charge in [0.05, 0.1) is 5.69 Å². The van der Waals surface area contributed by atoms with Gasteiger partial charge < -0.3 is 4.74 Å². The molecule has 0 unspecified atom stereocenters. The van der Waals surface area contributed by atoms with E-state index >= 15 is 0 Å². The molecule has 0 aliphatic heterocycles. The molecule has 1 amide bonds. The number of thiazole rings is 1. The average Bonchev–Trinajstić information content (AvgIpc) is 3.11. The number of carbonyl (C=O) groups excluding carboxylic acids is 1. The van der Waals surface area contributed by atoms with Gasteiger partial charge in [0.25, 0.3) is 5.91 Å². The Hall–Kier alpha value is -1.70. The van der Waals surface area contributed by atoms with Crippen molar-refractivity contribution >= 4 is 54.2 Å². The first-order chi connectivity index (χ1) is 13.3. The summed E-state index contributed by atoms with van der Waals surface area (Å²) >= 11 is 8.37. The van der Waals surface area contributed by atoms with Crippen LogP contribution in [0.25, 0.3) is 11.3 Å². The minimum atomic E-state index is -0.230. The Morgan fingerprint density at radius 2 is 1.93 bits per heavy atom. The molecular weight excluding hydrogens is 504 g/mol. The zero-order chi connectivity index (χ0) is 20.3. The molecule has 3 rings (SSSR count). The molecule has 4 nitrogen and oxygen atoms in total. The van der Waals surface area contributed by atoms with Gasteiger partial charge in [-0.15, -0.1) is 11.3 Å². The van der Waals surface area contributed by atoms with Gasteiger partial charge in [-0.1, -0.05) is 57.8 Å². The molecule has 0 atom stereocenters. The van der Waals surface area contributed by atoms with E-state index in [2.05, 4.69) is 62.1 Å². The topological polar surface area (TPSA) is 51.2 Å². The Kier molecular flexibility index (Phi) is 6.91. The lowest BCUT2D eigenvalue weighted by Gasteiger charge is -2.15. The summed E-state index contributed by atoms with van der Waals surface area (Å²) in [4.78, 5) is 16.8. The number of aromatic nitrogens is 1. The molecule has 0 aliphatic rings. The van der Waals surface area contributed by atoms with Crippen molar-refractivity contribution in [1.82, 2.24) is 4.98 Å². The first-order valence-corrected chi connectivity index (χ1v) is 11.2. The number of nitrogens with zero attached hydrogens (tertiary/aromatic N) is 1. The molecule has 0 radical (unpaired) electrons. The quantitative estimate of drug-likeness (QED) is 0.387. The van der Waals surface area contributed by atoms with Crippen molar-refractivity contribution in [2.45, 2.75) is 26.7 Å². The molecule has 146 valence electrons. The van der Waals surface area contributed by atoms with E-state index in [9.17, 15) is 4.79 Å². The van der Waals surface area contributed by atoms with E-state index in [1.165, 1.54) is 11.3 Å². The van der Waals surface area contributed by atoms with Crippen molar-refractivity contribution in [3.63, 3.8) is 0 Å². The highest BCUT2D eigenvalue weighted by atomic mass is 79.9. The van der Waals surface area contributed by atoms with Crippen LogP contribution in [0, 0.1) is 6.92 Å². The second-order valence-corrected chi connectivity index (χ2v) is 9.30. The van der Waals surface area contributed by atoms with Crippen LogP contribution in [0.2, 0.25) is 0 Å². The summed E-state index contributed by atoms with van der Waals surface area (Å²) in [6.45, 7) is 6.14. The monoisotopic (exact) mass is 522 g/mol. The molecule has 3 aromatic rings. The first-order valence-electron chi connectivity index (χ1n) is 8.77. The third-order valence-corrected chi connectivity index (χ3v) is 6.30. The van der Waals surface area contributed by atoms with E-state index in [4.69, 9.17) is 4.74 Å². The molecule has 0 saturated heterocycles. The number of halogens is 2. The number of anilines is 1. The smallest absolute Gasteiger partial charge is 0.264 e. The zero-order valence-corrected chi connectivity index (χ0v) is 19.7. The predicted octanol–water partition coefficient (Wildman–Crippen LogP) is 6.78. The van der Waals surface area contributed by atoms with Crippen molar-refractivity contribution in [1.29, 1.82) is 0 Å². The van der Waals surface area contributed by atoms with Crippen LogP contribution in [-0.4, -0.2) is 17.5 Å². The molecule has 7 heteroatoms. The summed E-state index contributed by atoms with van der Waals surface area (Å²) in [5.74, 6) is 0.801. The highest BCUT2D eigenvalue weighted by Gasteiger charge is 2.14. The van der Waals surface area contributed by atoms with Gasteiger partial charge in [-0.05, 0) is 48.2 Å². The third kappa shape index (κ3) is 5.21. The highest BCUT2D eigenvalue weighted by Crippen LogP contribution is 2.32. The van der Waals surface area contributed by atoms with Gasteiger partial charge in [0.15, 0.2) is 11.7 Å². The second-order valence-electron chi connectivity index (χ2n) is 6.68. The largest absolute Gasteiger partial charge is 0.483 e. The van der Waals surface area contributed by atoms with Crippen LogP contribution in [0.5, 0.6) is 5.75 Å². The molecular formula is C21H20Br2N2O2S. The van der Waals surface area contributed by atoms with Gasteiger partial charge >= 0.3 is 0 Å². The van der Waals surface area contributed by atoms with Crippen LogP contribution in [-0.2, 0) is 4.79 Å². The van der Waals surface area contributed by atoms with E-state index in [1.807, 2.05) is 42.6 Å². The molecule has 1 N–H and O–H groups in total. The van der Waals surface area contributed by atoms with E-state index in [0.29, 0.717) is 11.0 Å². The van der Waals surface area contributed by atoms with Crippen LogP contribution in [0.15, 0.2) is 50.7 Å². The molecule has 0 fully saturated rings. The maximum Gasteiger partial charge on any atom is 0.264 e. The van der Waals surface area contributed by atoms with Crippen molar-refractivity contribution < 1.29 is 9.53 Å². The van der Waals surface area contributed by atoms with Crippen molar-refractivity contribution in [3.8, 4) is 17.0 Å². The molecule has 1 aromatic heterocycles. The Morgan fingerprint density at radius 3 is 2.61 bits per heavy atom. The molecule has 1 heterocycles. The predicted molar refractivity (Wildman–Crippen MR) is 122 cm³/mol. The van der Waals surface area contributed by atoms with E-state index in [0.717, 1.165) is 37.1 Å². The third-order valence-electron chi connectivity index (χ3n) is 4.16. The van der Waals surface area contributed by atoms with Gasteiger partial charge in [-0.2, -0.15) is 0 Å². The summed E-state index contributed by atoms with van der Waals surface area (Å²) in [5.41, 5.74) is 3.97. The Balaban J connectivity index is 1.64. The van der Waals surface area contributed by atoms with Crippen LogP contribution in [0.1, 0.15) is 30.9 Å². The van der Waals surface area contributed by atoms with E-state index < -0.39 is 0 Å². The Labute approximate surface area is 185 Å². The van der Waals surface area contributed by atoms with Crippen LogP contribution < -0.4 is 10.1 Å². The van der Waals surface area contributed by atoms with Crippen molar-refractivity contribution in [2.24, 2.45) is 0 Å². The van der Waals surface area contributed by atoms with Crippen LogP contribution >= 0.6 is 43.2 Å². The minimum Gasteiger partial charge on any atom is -0.483 e. The Bertz CT molecular complexity index is 985. The van der Waals surface area contributed by atoms with Gasteiger partial charge in [0.2, 0.25) is 0 Å². The summed E-state index contributed by atoms with van der Waals surface area (Å²) in [7, 11) is 0. The number of rotatable bonds is 6. The van der Waals surface area contributed by atoms with Gasteiger partial charge in [-0.3, -0.25) is 10.1 Å². The van der Waals surface area contributed by atoms with Gasteiger partial charge in [0, 0.05) is 19.9 Å². The first kappa shape index (κ1) is 21.0. The fourth-order valence-corrected chi connectivity index (χ4v) is 3.99. The number of aryl methyl sites for hydroxylation is 1. The lowest BCUT2D eigenvalue weighted by Crippen LogP contribution is -2.20. The van der Waals surface area contributed by atoms with Crippen LogP contribution in [0.4, 0.5) is 5.13 Å². The van der Waals surface area contributed by atoms with Gasteiger partial charge in [0.1, 0.15) is 5.75 Å². The average molecular weight is 524 g/mol. The molecule has 28 heavy (non-hydrogen) atoms. The minimum absolute atomic E-state index is 0.0615. The zero-order valence-electron chi connectivity index (χ0n) is 15.8. The lowest BCUT2D eigenvalue weighted by atomic mass is 10.0. The molecule has 0 spiro atoms. The number of benzene rings is 2. The number of nitrogens with one attached hydrogen (secondary N) is 1. The standard InChI is InChI=1S/C21H20Br2N2O2S/c1-12(2)16-9-17(23)13(3)8-19(16)27-10-20(26)25-21-24-18(11-28-21)14-4-6-15(22)7-5-14/h4-9,11-12H,10H2,1-3H3,(H,24,25,26). The van der Waals surface area contributed by atoms with Gasteiger partial charge in [-0.25, -0.2) is 4.98 Å². The molecule has 2 aromatic carbocycles. The number of carbonyl (C=O) groups is 1. The number of hydrogen-bond donors (Lipinski definition) is 1. The SMILES string of the molecule is Cc1cc(OCC(=O)Nc2nc(-c3ccc(Br)cc3)cs2)c(C(C)C)cc1Br. The van der Waals surface area contributed by atoms with E-state index in [-0.39, 0.29) is 12.5 Å². The maximum absolute atomic E-state index is 12.3. The van der Waals surface area contributed by atoms with Crippen LogP contribution in [0.3, 0.4) is 0 Å². The normalized spacial score (nSPS) is 10.9. The maximum atomic E-state index is 12.3. The fraction of sp³-hybridized carbons (Fsp3) is 0.238.